The second-order valence-electron chi connectivity index (χ2n) is 5.01. The van der Waals surface area contributed by atoms with Crippen molar-refractivity contribution in [2.75, 3.05) is 18.8 Å². The molecule has 0 saturated carbocycles. The average Bonchev–Trinajstić information content (AvgIpc) is 2.87. The van der Waals surface area contributed by atoms with Crippen LogP contribution in [0.5, 0.6) is 0 Å². The Morgan fingerprint density at radius 2 is 2.05 bits per heavy atom. The molecule has 120 valence electrons. The molecular weight excluding hydrogens is 300 g/mol. The molecule has 6 nitrogen and oxygen atoms in total. The van der Waals surface area contributed by atoms with E-state index in [9.17, 15) is 9.59 Å². The number of amides is 1. The van der Waals surface area contributed by atoms with E-state index in [-0.39, 0.29) is 11.5 Å². The fraction of sp³-hybridized carbons (Fsp3) is 0.533. The van der Waals surface area contributed by atoms with E-state index >= 15 is 0 Å². The lowest BCUT2D eigenvalue weighted by Crippen LogP contribution is -2.32. The molecule has 2 rings (SSSR count). The molecule has 2 aromatic heterocycles. The van der Waals surface area contributed by atoms with Crippen molar-refractivity contribution in [1.29, 1.82) is 0 Å². The zero-order chi connectivity index (χ0) is 16.3. The number of nitrogens with zero attached hydrogens (tertiary/aromatic N) is 3. The van der Waals surface area contributed by atoms with Crippen LogP contribution < -0.4 is 5.56 Å². The van der Waals surface area contributed by atoms with Gasteiger partial charge in [0.05, 0.1) is 11.3 Å². The SMILES string of the molecule is CCN(CC)C(=O)CSc1nc2cc(C)[nH]c2c(=O)n1CC. The number of rotatable bonds is 6. The second kappa shape index (κ2) is 7.00. The molecule has 0 fully saturated rings. The smallest absolute Gasteiger partial charge is 0.278 e. The molecule has 0 unspecified atom stereocenters. The number of H-pyrrole nitrogens is 1. The van der Waals surface area contributed by atoms with Crippen LogP contribution in [-0.2, 0) is 11.3 Å². The molecular formula is C15H22N4O2S. The maximum absolute atomic E-state index is 12.5. The van der Waals surface area contributed by atoms with Crippen molar-refractivity contribution in [2.24, 2.45) is 0 Å². The summed E-state index contributed by atoms with van der Waals surface area (Å²) in [6, 6.07) is 1.85. The summed E-state index contributed by atoms with van der Waals surface area (Å²) in [5.74, 6) is 0.362. The summed E-state index contributed by atoms with van der Waals surface area (Å²) in [7, 11) is 0. The van der Waals surface area contributed by atoms with Gasteiger partial charge < -0.3 is 9.88 Å². The van der Waals surface area contributed by atoms with E-state index in [0.717, 1.165) is 5.69 Å². The molecule has 0 aliphatic rings. The van der Waals surface area contributed by atoms with E-state index in [1.165, 1.54) is 11.8 Å². The van der Waals surface area contributed by atoms with Gasteiger partial charge in [-0.1, -0.05) is 11.8 Å². The van der Waals surface area contributed by atoms with Gasteiger partial charge in [-0.05, 0) is 33.8 Å². The van der Waals surface area contributed by atoms with Crippen molar-refractivity contribution < 1.29 is 4.79 Å². The lowest BCUT2D eigenvalue weighted by atomic mass is 10.4. The lowest BCUT2D eigenvalue weighted by Gasteiger charge is -2.18. The van der Waals surface area contributed by atoms with Gasteiger partial charge in [-0.2, -0.15) is 0 Å². The Labute approximate surface area is 133 Å². The first kappa shape index (κ1) is 16.6. The molecule has 1 amide bonds. The number of aryl methyl sites for hydroxylation is 1. The highest BCUT2D eigenvalue weighted by Gasteiger charge is 2.15. The molecule has 0 aliphatic carbocycles. The van der Waals surface area contributed by atoms with Crippen LogP contribution in [0.2, 0.25) is 0 Å². The fourth-order valence-electron chi connectivity index (χ4n) is 2.39. The van der Waals surface area contributed by atoms with Crippen molar-refractivity contribution in [3.8, 4) is 0 Å². The van der Waals surface area contributed by atoms with Crippen LogP contribution in [0.1, 0.15) is 26.5 Å². The Bertz CT molecular complexity index is 731. The third-order valence-electron chi connectivity index (χ3n) is 3.59. The number of thioether (sulfide) groups is 1. The number of fused-ring (bicyclic) bond motifs is 1. The summed E-state index contributed by atoms with van der Waals surface area (Å²) in [6.07, 6.45) is 0. The number of carbonyl (C=O) groups excluding carboxylic acids is 1. The topological polar surface area (TPSA) is 71.0 Å². The number of carbonyl (C=O) groups is 1. The van der Waals surface area contributed by atoms with Crippen LogP contribution in [0.3, 0.4) is 0 Å². The van der Waals surface area contributed by atoms with Gasteiger partial charge in [-0.25, -0.2) is 4.98 Å². The molecule has 0 saturated heterocycles. The summed E-state index contributed by atoms with van der Waals surface area (Å²) in [5.41, 5.74) is 2.01. The summed E-state index contributed by atoms with van der Waals surface area (Å²) in [5, 5.41) is 0.597. The number of aromatic amines is 1. The van der Waals surface area contributed by atoms with Crippen molar-refractivity contribution in [2.45, 2.75) is 39.4 Å². The van der Waals surface area contributed by atoms with Gasteiger partial charge in [0.1, 0.15) is 5.52 Å². The van der Waals surface area contributed by atoms with Crippen LogP contribution >= 0.6 is 11.8 Å². The van der Waals surface area contributed by atoms with Crippen LogP contribution in [0.25, 0.3) is 11.0 Å². The molecule has 0 spiro atoms. The molecule has 2 aromatic rings. The molecule has 0 aromatic carbocycles. The summed E-state index contributed by atoms with van der Waals surface area (Å²) in [6.45, 7) is 9.64. The summed E-state index contributed by atoms with van der Waals surface area (Å²) < 4.78 is 1.61. The minimum atomic E-state index is -0.0848. The zero-order valence-corrected chi connectivity index (χ0v) is 14.3. The van der Waals surface area contributed by atoms with Gasteiger partial charge in [-0.15, -0.1) is 0 Å². The monoisotopic (exact) mass is 322 g/mol. The summed E-state index contributed by atoms with van der Waals surface area (Å²) in [4.78, 5) is 33.9. The highest BCUT2D eigenvalue weighted by atomic mass is 32.2. The van der Waals surface area contributed by atoms with Gasteiger partial charge in [-0.3, -0.25) is 14.2 Å². The fourth-order valence-corrected chi connectivity index (χ4v) is 3.36. The van der Waals surface area contributed by atoms with E-state index in [0.29, 0.717) is 41.6 Å². The van der Waals surface area contributed by atoms with Crippen LogP contribution in [0, 0.1) is 6.92 Å². The first-order valence-electron chi connectivity index (χ1n) is 7.52. The number of hydrogen-bond donors (Lipinski definition) is 1. The quantitative estimate of drug-likeness (QED) is 0.652. The standard InChI is InChI=1S/C15H22N4O2S/c1-5-18(6-2)12(20)9-22-15-17-11-8-10(4)16-13(11)14(21)19(15)7-3/h8,16H,5-7,9H2,1-4H3. The van der Waals surface area contributed by atoms with Crippen molar-refractivity contribution in [3.63, 3.8) is 0 Å². The first-order valence-corrected chi connectivity index (χ1v) is 8.51. The van der Waals surface area contributed by atoms with Crippen LogP contribution in [0.15, 0.2) is 16.0 Å². The third kappa shape index (κ3) is 3.19. The maximum Gasteiger partial charge on any atom is 0.278 e. The van der Waals surface area contributed by atoms with E-state index in [1.54, 1.807) is 9.47 Å². The van der Waals surface area contributed by atoms with E-state index in [2.05, 4.69) is 9.97 Å². The van der Waals surface area contributed by atoms with Gasteiger partial charge in [0.2, 0.25) is 5.91 Å². The number of aromatic nitrogens is 3. The Balaban J connectivity index is 2.31. The number of hydrogen-bond acceptors (Lipinski definition) is 4. The first-order chi connectivity index (χ1) is 10.5. The third-order valence-corrected chi connectivity index (χ3v) is 4.56. The lowest BCUT2D eigenvalue weighted by molar-refractivity contribution is -0.127. The van der Waals surface area contributed by atoms with Gasteiger partial charge in [0, 0.05) is 25.3 Å². The number of nitrogens with one attached hydrogen (secondary N) is 1. The molecule has 0 bridgehead atoms. The highest BCUT2D eigenvalue weighted by Crippen LogP contribution is 2.18. The predicted molar refractivity (Wildman–Crippen MR) is 89.4 cm³/mol. The zero-order valence-electron chi connectivity index (χ0n) is 13.5. The van der Waals surface area contributed by atoms with Crippen molar-refractivity contribution in [1.82, 2.24) is 19.4 Å². The van der Waals surface area contributed by atoms with Crippen LogP contribution in [-0.4, -0.2) is 44.2 Å². The Hall–Kier alpha value is -1.76. The Kier molecular flexibility index (Phi) is 5.28. The minimum absolute atomic E-state index is 0.0669. The molecule has 1 N–H and O–H groups in total. The normalized spacial score (nSPS) is 11.1. The average molecular weight is 322 g/mol. The van der Waals surface area contributed by atoms with Gasteiger partial charge >= 0.3 is 0 Å². The molecule has 22 heavy (non-hydrogen) atoms. The van der Waals surface area contributed by atoms with Gasteiger partial charge in [0.25, 0.3) is 5.56 Å². The van der Waals surface area contributed by atoms with Crippen LogP contribution in [0.4, 0.5) is 0 Å². The molecule has 0 aliphatic heterocycles. The van der Waals surface area contributed by atoms with Crippen molar-refractivity contribution >= 4 is 28.7 Å². The van der Waals surface area contributed by atoms with E-state index < -0.39 is 0 Å². The molecule has 7 heteroatoms. The summed E-state index contributed by atoms with van der Waals surface area (Å²) >= 11 is 1.32. The minimum Gasteiger partial charge on any atom is -0.353 e. The van der Waals surface area contributed by atoms with Gasteiger partial charge in [0.15, 0.2) is 5.16 Å². The second-order valence-corrected chi connectivity index (χ2v) is 5.95. The molecule has 0 radical (unpaired) electrons. The molecule has 2 heterocycles. The Morgan fingerprint density at radius 1 is 1.36 bits per heavy atom. The highest BCUT2D eigenvalue weighted by molar-refractivity contribution is 7.99. The van der Waals surface area contributed by atoms with E-state index in [4.69, 9.17) is 0 Å². The largest absolute Gasteiger partial charge is 0.353 e. The molecule has 0 atom stereocenters. The van der Waals surface area contributed by atoms with Crippen molar-refractivity contribution in [3.05, 3.63) is 22.1 Å². The predicted octanol–water partition coefficient (Wildman–Crippen LogP) is 2.01. The Morgan fingerprint density at radius 3 is 2.64 bits per heavy atom. The maximum atomic E-state index is 12.5. The van der Waals surface area contributed by atoms with E-state index in [1.807, 2.05) is 33.8 Å².